The van der Waals surface area contributed by atoms with Crippen molar-refractivity contribution in [2.45, 2.75) is 39.7 Å². The molecule has 21 heavy (non-hydrogen) atoms. The maximum absolute atomic E-state index is 11.3. The van der Waals surface area contributed by atoms with Crippen LogP contribution >= 0.6 is 0 Å². The van der Waals surface area contributed by atoms with E-state index in [1.54, 1.807) is 6.07 Å². The van der Waals surface area contributed by atoms with E-state index >= 15 is 0 Å². The van der Waals surface area contributed by atoms with Crippen molar-refractivity contribution in [2.75, 3.05) is 24.5 Å². The summed E-state index contributed by atoms with van der Waals surface area (Å²) in [6.45, 7) is 9.00. The lowest BCUT2D eigenvalue weighted by Gasteiger charge is -2.29. The molecule has 0 radical (unpaired) electrons. The van der Waals surface area contributed by atoms with Crippen molar-refractivity contribution in [3.63, 3.8) is 0 Å². The molecule has 5 nitrogen and oxygen atoms in total. The van der Waals surface area contributed by atoms with Crippen LogP contribution in [0.4, 0.5) is 11.4 Å². The monoisotopic (exact) mass is 291 g/mol. The summed E-state index contributed by atoms with van der Waals surface area (Å²) in [5, 5.41) is 14.8. The molecule has 0 aromatic heterocycles. The molecule has 0 amide bonds. The van der Waals surface area contributed by atoms with Crippen LogP contribution < -0.4 is 10.2 Å². The average Bonchev–Trinajstić information content (AvgIpc) is 2.90. The molecule has 1 aliphatic heterocycles. The van der Waals surface area contributed by atoms with Crippen molar-refractivity contribution in [3.8, 4) is 0 Å². The molecule has 1 unspecified atom stereocenters. The van der Waals surface area contributed by atoms with E-state index < -0.39 is 0 Å². The quantitative estimate of drug-likeness (QED) is 0.646. The fraction of sp³-hybridized carbons (Fsp3) is 0.625. The second-order valence-corrected chi connectivity index (χ2v) is 6.34. The maximum Gasteiger partial charge on any atom is 0.292 e. The molecule has 1 aromatic carbocycles. The minimum absolute atomic E-state index is 0.208. The molecule has 116 valence electrons. The van der Waals surface area contributed by atoms with Crippen LogP contribution in [-0.2, 0) is 0 Å². The van der Waals surface area contributed by atoms with Crippen molar-refractivity contribution in [1.29, 1.82) is 0 Å². The largest absolute Gasteiger partial charge is 0.364 e. The molecule has 1 saturated heterocycles. The normalized spacial score (nSPS) is 18.2. The van der Waals surface area contributed by atoms with Gasteiger partial charge in [-0.05, 0) is 43.9 Å². The topological polar surface area (TPSA) is 58.4 Å². The van der Waals surface area contributed by atoms with Gasteiger partial charge in [-0.15, -0.1) is 0 Å². The number of aryl methyl sites for hydroxylation is 1. The lowest BCUT2D eigenvalue weighted by molar-refractivity contribution is -0.384. The summed E-state index contributed by atoms with van der Waals surface area (Å²) in [4.78, 5) is 13.2. The average molecular weight is 291 g/mol. The second-order valence-electron chi connectivity index (χ2n) is 6.34. The van der Waals surface area contributed by atoms with Crippen LogP contribution in [-0.4, -0.2) is 30.6 Å². The molecule has 2 rings (SSSR count). The molecule has 1 aliphatic rings. The highest BCUT2D eigenvalue weighted by molar-refractivity contribution is 5.64. The second kappa shape index (κ2) is 6.89. The number of rotatable bonds is 6. The van der Waals surface area contributed by atoms with E-state index in [1.807, 2.05) is 19.1 Å². The van der Waals surface area contributed by atoms with Gasteiger partial charge in [-0.3, -0.25) is 10.1 Å². The lowest BCUT2D eigenvalue weighted by Crippen LogP contribution is -2.39. The van der Waals surface area contributed by atoms with Crippen molar-refractivity contribution < 1.29 is 4.92 Å². The van der Waals surface area contributed by atoms with Crippen molar-refractivity contribution >= 4 is 11.4 Å². The van der Waals surface area contributed by atoms with E-state index in [4.69, 9.17) is 0 Å². The van der Waals surface area contributed by atoms with E-state index in [0.717, 1.165) is 37.3 Å². The number of hydrogen-bond acceptors (Lipinski definition) is 4. The van der Waals surface area contributed by atoms with Gasteiger partial charge in [-0.2, -0.15) is 0 Å². The first kappa shape index (κ1) is 15.8. The van der Waals surface area contributed by atoms with Gasteiger partial charge in [0, 0.05) is 25.2 Å². The van der Waals surface area contributed by atoms with Crippen LogP contribution in [0.5, 0.6) is 0 Å². The van der Waals surface area contributed by atoms with Gasteiger partial charge in [0.2, 0.25) is 0 Å². The fourth-order valence-electron chi connectivity index (χ4n) is 2.93. The number of nitro benzene ring substituents is 1. The minimum Gasteiger partial charge on any atom is -0.364 e. The molecule has 0 bridgehead atoms. The van der Waals surface area contributed by atoms with Gasteiger partial charge >= 0.3 is 0 Å². The molecule has 1 fully saturated rings. The van der Waals surface area contributed by atoms with Crippen LogP contribution in [0.2, 0.25) is 0 Å². The number of benzene rings is 1. The van der Waals surface area contributed by atoms with Gasteiger partial charge in [-0.1, -0.05) is 19.9 Å². The highest BCUT2D eigenvalue weighted by Gasteiger charge is 2.24. The molecule has 0 aliphatic carbocycles. The third-order valence-corrected chi connectivity index (χ3v) is 3.86. The van der Waals surface area contributed by atoms with Gasteiger partial charge in [0.15, 0.2) is 0 Å². The van der Waals surface area contributed by atoms with E-state index in [1.165, 1.54) is 6.42 Å². The zero-order valence-electron chi connectivity index (χ0n) is 13.1. The zero-order chi connectivity index (χ0) is 15.4. The third kappa shape index (κ3) is 4.17. The summed E-state index contributed by atoms with van der Waals surface area (Å²) >= 11 is 0. The number of anilines is 1. The highest BCUT2D eigenvalue weighted by Crippen LogP contribution is 2.30. The van der Waals surface area contributed by atoms with Crippen LogP contribution in [0.25, 0.3) is 0 Å². The Balaban J connectivity index is 2.29. The zero-order valence-corrected chi connectivity index (χ0v) is 13.1. The Morgan fingerprint density at radius 1 is 1.48 bits per heavy atom. The molecule has 1 heterocycles. The Bertz CT molecular complexity index is 496. The Hall–Kier alpha value is -1.62. The van der Waals surface area contributed by atoms with Crippen molar-refractivity contribution in [1.82, 2.24) is 5.32 Å². The van der Waals surface area contributed by atoms with Crippen LogP contribution in [0.15, 0.2) is 18.2 Å². The minimum atomic E-state index is -0.274. The van der Waals surface area contributed by atoms with Gasteiger partial charge in [0.1, 0.15) is 5.69 Å². The van der Waals surface area contributed by atoms with Gasteiger partial charge in [0.05, 0.1) is 4.92 Å². The summed E-state index contributed by atoms with van der Waals surface area (Å²) in [7, 11) is 0. The van der Waals surface area contributed by atoms with Crippen LogP contribution in [0.3, 0.4) is 0 Å². The third-order valence-electron chi connectivity index (χ3n) is 3.86. The summed E-state index contributed by atoms with van der Waals surface area (Å²) in [6.07, 6.45) is 2.34. The lowest BCUT2D eigenvalue weighted by atomic mass is 10.1. The molecular weight excluding hydrogens is 266 g/mol. The highest BCUT2D eigenvalue weighted by atomic mass is 16.6. The summed E-state index contributed by atoms with van der Waals surface area (Å²) in [5.41, 5.74) is 2.02. The Labute approximate surface area is 126 Å². The van der Waals surface area contributed by atoms with Crippen molar-refractivity contribution in [2.24, 2.45) is 5.92 Å². The number of nitro groups is 1. The van der Waals surface area contributed by atoms with Crippen molar-refractivity contribution in [3.05, 3.63) is 33.9 Å². The fourth-order valence-corrected chi connectivity index (χ4v) is 2.93. The number of nitrogens with zero attached hydrogens (tertiary/aromatic N) is 2. The summed E-state index contributed by atoms with van der Waals surface area (Å²) in [6, 6.07) is 5.81. The van der Waals surface area contributed by atoms with Crippen LogP contribution in [0.1, 0.15) is 32.3 Å². The SMILES string of the molecule is Cc1ccc([N+](=O)[O-])c(N(CC(C)C)CC2CCCN2)c1. The maximum atomic E-state index is 11.3. The standard InChI is InChI=1S/C16H25N3O2/c1-12(2)10-18(11-14-5-4-8-17-14)16-9-13(3)6-7-15(16)19(20)21/h6-7,9,12,14,17H,4-5,8,10-11H2,1-3H3. The molecule has 0 saturated carbocycles. The van der Waals surface area contributed by atoms with Gasteiger partial charge in [-0.25, -0.2) is 0 Å². The van der Waals surface area contributed by atoms with E-state index in [9.17, 15) is 10.1 Å². The predicted octanol–water partition coefficient (Wildman–Crippen LogP) is 3.12. The first-order valence-electron chi connectivity index (χ1n) is 7.70. The van der Waals surface area contributed by atoms with E-state index in [2.05, 4.69) is 24.1 Å². The summed E-state index contributed by atoms with van der Waals surface area (Å²) in [5.74, 6) is 0.464. The Morgan fingerprint density at radius 2 is 2.24 bits per heavy atom. The van der Waals surface area contributed by atoms with Gasteiger partial charge in [0.25, 0.3) is 5.69 Å². The van der Waals surface area contributed by atoms with Gasteiger partial charge < -0.3 is 10.2 Å². The Kier molecular flexibility index (Phi) is 5.17. The molecule has 1 atom stereocenters. The van der Waals surface area contributed by atoms with E-state index in [-0.39, 0.29) is 10.6 Å². The molecular formula is C16H25N3O2. The Morgan fingerprint density at radius 3 is 2.81 bits per heavy atom. The number of hydrogen-bond donors (Lipinski definition) is 1. The predicted molar refractivity (Wildman–Crippen MR) is 85.9 cm³/mol. The first-order chi connectivity index (χ1) is 9.97. The first-order valence-corrected chi connectivity index (χ1v) is 7.70. The molecule has 1 N–H and O–H groups in total. The molecule has 0 spiro atoms. The van der Waals surface area contributed by atoms with E-state index in [0.29, 0.717) is 12.0 Å². The molecule has 1 aromatic rings. The number of nitrogens with one attached hydrogen (secondary N) is 1. The molecule has 5 heteroatoms. The van der Waals surface area contributed by atoms with Crippen LogP contribution in [0, 0.1) is 23.0 Å². The summed E-state index contributed by atoms with van der Waals surface area (Å²) < 4.78 is 0. The smallest absolute Gasteiger partial charge is 0.292 e.